The number of nitrogens with one attached hydrogen (secondary N) is 1. The highest BCUT2D eigenvalue weighted by Gasteiger charge is 2.03. The Morgan fingerprint density at radius 2 is 1.62 bits per heavy atom. The number of ether oxygens (including phenoxy) is 2. The number of hydrogen-bond donors (Lipinski definition) is 2. The zero-order valence-corrected chi connectivity index (χ0v) is 18.7. The lowest BCUT2D eigenvalue weighted by molar-refractivity contribution is 0.106. The van der Waals surface area contributed by atoms with Crippen molar-refractivity contribution in [3.63, 3.8) is 0 Å². The first-order valence-corrected chi connectivity index (χ1v) is 9.14. The number of rotatable bonds is 8. The van der Waals surface area contributed by atoms with Crippen molar-refractivity contribution in [1.29, 1.82) is 0 Å². The molecule has 29 heavy (non-hydrogen) atoms. The minimum Gasteiger partial charge on any atom is -0.497 e. The van der Waals surface area contributed by atoms with Gasteiger partial charge < -0.3 is 20.5 Å². The summed E-state index contributed by atoms with van der Waals surface area (Å²) in [6, 6.07) is 25.8. The van der Waals surface area contributed by atoms with Gasteiger partial charge in [-0.15, -0.1) is 24.0 Å². The molecule has 0 atom stereocenters. The molecule has 0 heterocycles. The van der Waals surface area contributed by atoms with Crippen molar-refractivity contribution in [2.75, 3.05) is 12.4 Å². The van der Waals surface area contributed by atoms with Crippen molar-refractivity contribution in [1.82, 2.24) is 0 Å². The molecule has 3 rings (SSSR count). The summed E-state index contributed by atoms with van der Waals surface area (Å²) in [7, 11) is 1.63. The van der Waals surface area contributed by atoms with E-state index in [0.29, 0.717) is 25.7 Å². The predicted octanol–water partition coefficient (Wildman–Crippen LogP) is 4.96. The number of nitrogens with zero attached hydrogens (tertiary/aromatic N) is 1. The number of methoxy groups -OCH3 is 1. The van der Waals surface area contributed by atoms with Gasteiger partial charge in [0.15, 0.2) is 5.96 Å². The molecule has 0 aliphatic heterocycles. The molecular formula is C23H26IN3O2. The van der Waals surface area contributed by atoms with E-state index in [4.69, 9.17) is 15.2 Å². The Morgan fingerprint density at radius 1 is 0.897 bits per heavy atom. The van der Waals surface area contributed by atoms with Crippen LogP contribution in [0.15, 0.2) is 83.9 Å². The molecule has 0 aliphatic carbocycles. The van der Waals surface area contributed by atoms with Gasteiger partial charge in [0.05, 0.1) is 26.9 Å². The molecule has 0 radical (unpaired) electrons. The topological polar surface area (TPSA) is 68.9 Å². The van der Waals surface area contributed by atoms with Crippen molar-refractivity contribution in [2.24, 2.45) is 10.7 Å². The van der Waals surface area contributed by atoms with Gasteiger partial charge in [0, 0.05) is 11.8 Å². The van der Waals surface area contributed by atoms with Gasteiger partial charge in [0.25, 0.3) is 0 Å². The Kier molecular flexibility index (Phi) is 9.46. The molecule has 0 saturated carbocycles. The summed E-state index contributed by atoms with van der Waals surface area (Å²) < 4.78 is 11.1. The fourth-order valence-corrected chi connectivity index (χ4v) is 2.76. The van der Waals surface area contributed by atoms with E-state index in [2.05, 4.69) is 28.5 Å². The van der Waals surface area contributed by atoms with E-state index in [1.807, 2.05) is 60.7 Å². The maximum Gasteiger partial charge on any atom is 0.193 e. The molecule has 0 unspecified atom stereocenters. The summed E-state index contributed by atoms with van der Waals surface area (Å²) in [6.07, 6.45) is 0. The number of hydrogen-bond acceptors (Lipinski definition) is 3. The van der Waals surface area contributed by atoms with E-state index in [-0.39, 0.29) is 24.0 Å². The van der Waals surface area contributed by atoms with Gasteiger partial charge in [-0.2, -0.15) is 0 Å². The summed E-state index contributed by atoms with van der Waals surface area (Å²) in [5.41, 5.74) is 10.2. The van der Waals surface area contributed by atoms with Crippen LogP contribution in [-0.4, -0.2) is 13.1 Å². The number of anilines is 1. The van der Waals surface area contributed by atoms with E-state index in [9.17, 15) is 0 Å². The zero-order valence-electron chi connectivity index (χ0n) is 16.4. The van der Waals surface area contributed by atoms with E-state index in [1.165, 1.54) is 0 Å². The van der Waals surface area contributed by atoms with Gasteiger partial charge >= 0.3 is 0 Å². The number of benzene rings is 3. The van der Waals surface area contributed by atoms with Crippen LogP contribution in [0.1, 0.15) is 16.7 Å². The molecule has 3 N–H and O–H groups in total. The third-order valence-electron chi connectivity index (χ3n) is 4.25. The highest BCUT2D eigenvalue weighted by Crippen LogP contribution is 2.17. The average molecular weight is 503 g/mol. The van der Waals surface area contributed by atoms with Crippen LogP contribution < -0.4 is 15.8 Å². The van der Waals surface area contributed by atoms with Crippen LogP contribution in [-0.2, 0) is 24.5 Å². The first-order chi connectivity index (χ1) is 13.7. The first kappa shape index (κ1) is 22.7. The van der Waals surface area contributed by atoms with Gasteiger partial charge in [-0.1, -0.05) is 60.7 Å². The van der Waals surface area contributed by atoms with Crippen molar-refractivity contribution in [3.8, 4) is 5.75 Å². The van der Waals surface area contributed by atoms with Gasteiger partial charge in [0.2, 0.25) is 0 Å². The second-order valence-corrected chi connectivity index (χ2v) is 6.31. The molecule has 3 aromatic carbocycles. The average Bonchev–Trinajstić information content (AvgIpc) is 2.74. The van der Waals surface area contributed by atoms with Gasteiger partial charge in [-0.25, -0.2) is 4.99 Å². The van der Waals surface area contributed by atoms with Crippen molar-refractivity contribution >= 4 is 35.6 Å². The lowest BCUT2D eigenvalue weighted by Crippen LogP contribution is -2.22. The van der Waals surface area contributed by atoms with Crippen LogP contribution >= 0.6 is 24.0 Å². The van der Waals surface area contributed by atoms with Crippen LogP contribution in [0, 0.1) is 0 Å². The third kappa shape index (κ3) is 7.40. The smallest absolute Gasteiger partial charge is 0.193 e. The Labute approximate surface area is 189 Å². The maximum atomic E-state index is 6.04. The number of halogens is 1. The van der Waals surface area contributed by atoms with E-state index in [1.54, 1.807) is 7.11 Å². The largest absolute Gasteiger partial charge is 0.497 e. The van der Waals surface area contributed by atoms with E-state index >= 15 is 0 Å². The quantitative estimate of drug-likeness (QED) is 0.259. The lowest BCUT2D eigenvalue weighted by atomic mass is 10.1. The molecule has 0 spiro atoms. The normalized spacial score (nSPS) is 10.9. The summed E-state index contributed by atoms with van der Waals surface area (Å²) in [4.78, 5) is 4.46. The second-order valence-electron chi connectivity index (χ2n) is 6.31. The minimum atomic E-state index is 0. The molecular weight excluding hydrogens is 477 g/mol. The predicted molar refractivity (Wildman–Crippen MR) is 129 cm³/mol. The van der Waals surface area contributed by atoms with Crippen LogP contribution in [0.2, 0.25) is 0 Å². The first-order valence-electron chi connectivity index (χ1n) is 9.14. The molecule has 0 saturated heterocycles. The standard InChI is InChI=1S/C23H25N3O2.HI/c1-27-22-13-7-12-21(14-22)26-23(24)25-15-19-10-5-6-11-20(19)17-28-16-18-8-3-2-4-9-18;/h2-14H,15-17H2,1H3,(H3,24,25,26);1H. The third-order valence-corrected chi connectivity index (χ3v) is 4.25. The highest BCUT2D eigenvalue weighted by molar-refractivity contribution is 14.0. The number of guanidine groups is 1. The monoisotopic (exact) mass is 503 g/mol. The summed E-state index contributed by atoms with van der Waals surface area (Å²) in [6.45, 7) is 1.59. The maximum absolute atomic E-state index is 6.04. The Morgan fingerprint density at radius 3 is 2.38 bits per heavy atom. The SMILES string of the molecule is COc1cccc(NC(N)=NCc2ccccc2COCc2ccccc2)c1.I. The summed E-state index contributed by atoms with van der Waals surface area (Å²) in [5.74, 6) is 1.12. The molecule has 6 heteroatoms. The molecule has 0 bridgehead atoms. The van der Waals surface area contributed by atoms with Gasteiger partial charge in [0.1, 0.15) is 5.75 Å². The molecule has 0 fully saturated rings. The molecule has 3 aromatic rings. The number of nitrogens with two attached hydrogens (primary N) is 1. The van der Waals surface area contributed by atoms with Crippen molar-refractivity contribution < 1.29 is 9.47 Å². The fraction of sp³-hybridized carbons (Fsp3) is 0.174. The Balaban J connectivity index is 0.00000300. The van der Waals surface area contributed by atoms with Crippen molar-refractivity contribution in [2.45, 2.75) is 19.8 Å². The van der Waals surface area contributed by atoms with Crippen LogP contribution in [0.3, 0.4) is 0 Å². The Bertz CT molecular complexity index is 917. The second kappa shape index (κ2) is 12.1. The molecule has 0 amide bonds. The van der Waals surface area contributed by atoms with Gasteiger partial charge in [-0.05, 0) is 28.8 Å². The Hall–Kier alpha value is -2.58. The lowest BCUT2D eigenvalue weighted by Gasteiger charge is -2.10. The summed E-state index contributed by atoms with van der Waals surface area (Å²) >= 11 is 0. The van der Waals surface area contributed by atoms with Crippen LogP contribution in [0.5, 0.6) is 5.75 Å². The zero-order chi connectivity index (χ0) is 19.6. The van der Waals surface area contributed by atoms with Crippen LogP contribution in [0.4, 0.5) is 5.69 Å². The van der Waals surface area contributed by atoms with Gasteiger partial charge in [-0.3, -0.25) is 0 Å². The van der Waals surface area contributed by atoms with E-state index < -0.39 is 0 Å². The fourth-order valence-electron chi connectivity index (χ4n) is 2.76. The van der Waals surface area contributed by atoms with Crippen LogP contribution in [0.25, 0.3) is 0 Å². The molecule has 0 aromatic heterocycles. The molecule has 0 aliphatic rings. The molecule has 152 valence electrons. The van der Waals surface area contributed by atoms with E-state index in [0.717, 1.165) is 28.1 Å². The number of aliphatic imine (C=N–C) groups is 1. The molecule has 5 nitrogen and oxygen atoms in total. The van der Waals surface area contributed by atoms with Crippen molar-refractivity contribution in [3.05, 3.63) is 95.6 Å². The summed E-state index contributed by atoms with van der Waals surface area (Å²) in [5, 5.41) is 3.09. The minimum absolute atomic E-state index is 0. The highest BCUT2D eigenvalue weighted by atomic mass is 127.